The lowest BCUT2D eigenvalue weighted by Gasteiger charge is -2.20. The lowest BCUT2D eigenvalue weighted by Crippen LogP contribution is -2.38. The number of anilines is 1. The molecule has 0 radical (unpaired) electrons. The summed E-state index contributed by atoms with van der Waals surface area (Å²) in [5, 5.41) is 10.5. The molecule has 6 nitrogen and oxygen atoms in total. The first kappa shape index (κ1) is 19.8. The Hall–Kier alpha value is -2.57. The van der Waals surface area contributed by atoms with Gasteiger partial charge in [-0.05, 0) is 24.5 Å². The predicted octanol–water partition coefficient (Wildman–Crippen LogP) is 3.13. The van der Waals surface area contributed by atoms with E-state index >= 15 is 0 Å². The molecule has 142 valence electrons. The molecule has 0 spiro atoms. The molecule has 0 saturated heterocycles. The van der Waals surface area contributed by atoms with Gasteiger partial charge in [-0.15, -0.1) is 0 Å². The van der Waals surface area contributed by atoms with Gasteiger partial charge in [0.05, 0.1) is 17.9 Å². The van der Waals surface area contributed by atoms with Gasteiger partial charge in [-0.25, -0.2) is 4.39 Å². The number of aliphatic imine (C=N–C) groups is 1. The molecule has 2 rings (SSSR count). The van der Waals surface area contributed by atoms with E-state index in [-0.39, 0.29) is 5.82 Å². The van der Waals surface area contributed by atoms with Crippen molar-refractivity contribution in [3.63, 3.8) is 0 Å². The van der Waals surface area contributed by atoms with Gasteiger partial charge in [-0.1, -0.05) is 31.1 Å². The van der Waals surface area contributed by atoms with Gasteiger partial charge in [0, 0.05) is 33.3 Å². The average Bonchev–Trinajstić information content (AvgIpc) is 3.10. The lowest BCUT2D eigenvalue weighted by molar-refractivity contribution is 0.372. The number of nitrogens with zero attached hydrogens (tertiary/aromatic N) is 3. The van der Waals surface area contributed by atoms with E-state index in [9.17, 15) is 4.39 Å². The highest BCUT2D eigenvalue weighted by molar-refractivity contribution is 5.79. The van der Waals surface area contributed by atoms with E-state index in [1.54, 1.807) is 19.2 Å². The molecule has 7 heteroatoms. The molecule has 0 amide bonds. The Kier molecular flexibility index (Phi) is 7.44. The van der Waals surface area contributed by atoms with Crippen LogP contribution in [-0.2, 0) is 6.54 Å². The van der Waals surface area contributed by atoms with Crippen molar-refractivity contribution in [1.82, 2.24) is 15.8 Å². The lowest BCUT2D eigenvalue weighted by atomic mass is 10.1. The van der Waals surface area contributed by atoms with Crippen molar-refractivity contribution >= 4 is 11.6 Å². The summed E-state index contributed by atoms with van der Waals surface area (Å²) in [6, 6.07) is 8.75. The largest absolute Gasteiger partial charge is 0.372 e. The number of halogens is 1. The highest BCUT2D eigenvalue weighted by Crippen LogP contribution is 2.17. The topological polar surface area (TPSA) is 65.7 Å². The minimum absolute atomic E-state index is 0.201. The molecule has 2 aromatic rings. The number of nitrogens with one attached hydrogen (secondary N) is 2. The van der Waals surface area contributed by atoms with Crippen molar-refractivity contribution in [2.45, 2.75) is 32.7 Å². The Morgan fingerprint density at radius 2 is 2.08 bits per heavy atom. The molecule has 0 saturated carbocycles. The van der Waals surface area contributed by atoms with Crippen LogP contribution in [0.1, 0.15) is 37.6 Å². The maximum absolute atomic E-state index is 13.7. The monoisotopic (exact) mass is 361 g/mol. The van der Waals surface area contributed by atoms with Gasteiger partial charge in [0.15, 0.2) is 11.7 Å². The molecular formula is C19H28FN5O. The van der Waals surface area contributed by atoms with Crippen molar-refractivity contribution in [3.05, 3.63) is 47.6 Å². The standard InChI is InChI=1S/C19H28FN5O/c1-14(2)17-12-15(26-24-17)13-23-19(21-3)22-10-7-11-25(4)18-9-6-5-8-16(18)20/h5-6,8-9,12,14H,7,10-11,13H2,1-4H3,(H2,21,22,23). The van der Waals surface area contributed by atoms with Gasteiger partial charge in [0.25, 0.3) is 0 Å². The van der Waals surface area contributed by atoms with Crippen molar-refractivity contribution < 1.29 is 8.91 Å². The fourth-order valence-corrected chi connectivity index (χ4v) is 2.48. The van der Waals surface area contributed by atoms with Crippen LogP contribution in [0.2, 0.25) is 0 Å². The summed E-state index contributed by atoms with van der Waals surface area (Å²) in [4.78, 5) is 6.10. The predicted molar refractivity (Wildman–Crippen MR) is 103 cm³/mol. The van der Waals surface area contributed by atoms with Crippen molar-refractivity contribution in [2.24, 2.45) is 4.99 Å². The second-order valence-electron chi connectivity index (χ2n) is 6.45. The highest BCUT2D eigenvalue weighted by atomic mass is 19.1. The van der Waals surface area contributed by atoms with Crippen LogP contribution in [-0.4, -0.2) is 38.3 Å². The zero-order valence-corrected chi connectivity index (χ0v) is 15.9. The van der Waals surface area contributed by atoms with Crippen LogP contribution in [0, 0.1) is 5.82 Å². The average molecular weight is 361 g/mol. The van der Waals surface area contributed by atoms with Crippen LogP contribution in [0.3, 0.4) is 0 Å². The third-order valence-corrected chi connectivity index (χ3v) is 4.05. The van der Waals surface area contributed by atoms with Gasteiger partial charge in [0.2, 0.25) is 0 Å². The molecule has 26 heavy (non-hydrogen) atoms. The summed E-state index contributed by atoms with van der Waals surface area (Å²) < 4.78 is 19.0. The minimum atomic E-state index is -0.201. The molecule has 0 unspecified atom stereocenters. The summed E-state index contributed by atoms with van der Waals surface area (Å²) in [6.07, 6.45) is 0.853. The van der Waals surface area contributed by atoms with E-state index in [0.717, 1.165) is 31.0 Å². The number of hydrogen-bond acceptors (Lipinski definition) is 4. The number of para-hydroxylation sites is 1. The zero-order chi connectivity index (χ0) is 18.9. The first-order valence-corrected chi connectivity index (χ1v) is 8.87. The molecule has 2 N–H and O–H groups in total. The maximum atomic E-state index is 13.7. The van der Waals surface area contributed by atoms with E-state index in [2.05, 4.69) is 34.6 Å². The molecule has 0 bridgehead atoms. The van der Waals surface area contributed by atoms with Crippen LogP contribution in [0.25, 0.3) is 0 Å². The Morgan fingerprint density at radius 3 is 2.73 bits per heavy atom. The summed E-state index contributed by atoms with van der Waals surface area (Å²) in [5.41, 5.74) is 1.56. The Bertz CT molecular complexity index is 713. The van der Waals surface area contributed by atoms with Crippen LogP contribution < -0.4 is 15.5 Å². The molecular weight excluding hydrogens is 333 g/mol. The minimum Gasteiger partial charge on any atom is -0.372 e. The fourth-order valence-electron chi connectivity index (χ4n) is 2.48. The van der Waals surface area contributed by atoms with Gasteiger partial charge >= 0.3 is 0 Å². The van der Waals surface area contributed by atoms with Crippen LogP contribution in [0.5, 0.6) is 0 Å². The van der Waals surface area contributed by atoms with Crippen molar-refractivity contribution in [1.29, 1.82) is 0 Å². The molecule has 0 fully saturated rings. The molecule has 1 aromatic carbocycles. The zero-order valence-electron chi connectivity index (χ0n) is 15.9. The van der Waals surface area contributed by atoms with Crippen molar-refractivity contribution in [2.75, 3.05) is 32.1 Å². The Morgan fingerprint density at radius 1 is 1.31 bits per heavy atom. The summed E-state index contributed by atoms with van der Waals surface area (Å²) >= 11 is 0. The third-order valence-electron chi connectivity index (χ3n) is 4.05. The first-order chi connectivity index (χ1) is 12.5. The molecule has 1 heterocycles. The second kappa shape index (κ2) is 9.79. The molecule has 0 aliphatic rings. The van der Waals surface area contributed by atoms with Crippen LogP contribution in [0.4, 0.5) is 10.1 Å². The third kappa shape index (κ3) is 5.75. The van der Waals surface area contributed by atoms with Gasteiger partial charge < -0.3 is 20.1 Å². The fraction of sp³-hybridized carbons (Fsp3) is 0.474. The smallest absolute Gasteiger partial charge is 0.191 e. The van der Waals surface area contributed by atoms with Crippen molar-refractivity contribution in [3.8, 4) is 0 Å². The van der Waals surface area contributed by atoms with E-state index in [1.807, 2.05) is 24.1 Å². The van der Waals surface area contributed by atoms with Crippen LogP contribution in [0.15, 0.2) is 39.8 Å². The quantitative estimate of drug-likeness (QED) is 0.430. The first-order valence-electron chi connectivity index (χ1n) is 8.87. The number of guanidine groups is 1. The normalized spacial score (nSPS) is 11.7. The number of aromatic nitrogens is 1. The summed E-state index contributed by atoms with van der Waals surface area (Å²) in [6.45, 7) is 6.15. The van der Waals surface area contributed by atoms with E-state index in [4.69, 9.17) is 4.52 Å². The number of hydrogen-bond donors (Lipinski definition) is 2. The summed E-state index contributed by atoms with van der Waals surface area (Å²) in [7, 11) is 3.61. The Balaban J connectivity index is 1.71. The van der Waals surface area contributed by atoms with E-state index in [1.165, 1.54) is 6.07 Å². The number of benzene rings is 1. The highest BCUT2D eigenvalue weighted by Gasteiger charge is 2.09. The molecule has 0 atom stereocenters. The Labute approximate surface area is 154 Å². The molecule has 0 aliphatic heterocycles. The van der Waals surface area contributed by atoms with Gasteiger partial charge in [-0.3, -0.25) is 4.99 Å². The van der Waals surface area contributed by atoms with E-state index < -0.39 is 0 Å². The van der Waals surface area contributed by atoms with Crippen LogP contribution >= 0.6 is 0 Å². The second-order valence-corrected chi connectivity index (χ2v) is 6.45. The molecule has 1 aromatic heterocycles. The summed E-state index contributed by atoms with van der Waals surface area (Å²) in [5.74, 6) is 1.61. The maximum Gasteiger partial charge on any atom is 0.191 e. The SMILES string of the molecule is CN=C(NCCCN(C)c1ccccc1F)NCc1cc(C(C)C)no1. The van der Waals surface area contributed by atoms with Gasteiger partial charge in [-0.2, -0.15) is 0 Å². The van der Waals surface area contributed by atoms with Gasteiger partial charge in [0.1, 0.15) is 5.82 Å². The number of rotatable bonds is 8. The van der Waals surface area contributed by atoms with E-state index in [0.29, 0.717) is 24.1 Å². The molecule has 0 aliphatic carbocycles.